The van der Waals surface area contributed by atoms with Gasteiger partial charge >= 0.3 is 0 Å². The molecule has 0 bridgehead atoms. The number of nitrogens with zero attached hydrogens (tertiary/aromatic N) is 3. The molecule has 1 rings (SSSR count). The molecule has 0 aliphatic heterocycles. The Labute approximate surface area is 76.1 Å². The topological polar surface area (TPSA) is 85.8 Å². The number of carbonyl (C=O) groups excluding carboxylic acids is 1. The number of likely N-dealkylation sites (N-methyl/N-ethyl adjacent to an activating group) is 1. The van der Waals surface area contributed by atoms with Crippen molar-refractivity contribution in [1.29, 1.82) is 0 Å². The summed E-state index contributed by atoms with van der Waals surface area (Å²) in [4.78, 5) is 10.9. The zero-order valence-corrected chi connectivity index (χ0v) is 7.53. The van der Waals surface area contributed by atoms with Crippen molar-refractivity contribution < 1.29 is 4.79 Å². The van der Waals surface area contributed by atoms with Crippen LogP contribution in [0.1, 0.15) is 5.69 Å². The molecule has 0 spiro atoms. The van der Waals surface area contributed by atoms with E-state index in [0.29, 0.717) is 13.0 Å². The highest BCUT2D eigenvalue weighted by Crippen LogP contribution is 1.92. The minimum Gasteiger partial charge on any atom is -0.358 e. The van der Waals surface area contributed by atoms with Crippen LogP contribution in [0.5, 0.6) is 0 Å². The lowest BCUT2D eigenvalue weighted by Crippen LogP contribution is -2.23. The minimum atomic E-state index is -0.0933. The second-order valence-corrected chi connectivity index (χ2v) is 2.62. The molecular weight excluding hydrogens is 170 g/mol. The molecule has 0 aliphatic carbocycles. The predicted molar refractivity (Wildman–Crippen MR) is 46.8 cm³/mol. The summed E-state index contributed by atoms with van der Waals surface area (Å²) >= 11 is 0. The molecule has 0 fully saturated rings. The zero-order chi connectivity index (χ0) is 9.68. The highest BCUT2D eigenvalue weighted by Gasteiger charge is 2.02. The van der Waals surface area contributed by atoms with E-state index in [4.69, 9.17) is 5.73 Å². The number of hydrogen-bond donors (Lipinski definition) is 2. The number of hydrogen-bond acceptors (Lipinski definition) is 4. The first kappa shape index (κ1) is 9.66. The third-order valence-electron chi connectivity index (χ3n) is 1.57. The summed E-state index contributed by atoms with van der Waals surface area (Å²) in [6.07, 6.45) is 2.41. The largest absolute Gasteiger partial charge is 0.358 e. The van der Waals surface area contributed by atoms with E-state index in [-0.39, 0.29) is 12.5 Å². The average Bonchev–Trinajstić information content (AvgIpc) is 2.53. The Hall–Kier alpha value is -1.43. The fourth-order valence-corrected chi connectivity index (χ4v) is 0.904. The third kappa shape index (κ3) is 2.83. The number of aromatic nitrogens is 3. The van der Waals surface area contributed by atoms with Gasteiger partial charge in [-0.1, -0.05) is 5.21 Å². The summed E-state index contributed by atoms with van der Waals surface area (Å²) in [6.45, 7) is 0.743. The molecule has 6 nitrogen and oxygen atoms in total. The Bertz CT molecular complexity index is 282. The van der Waals surface area contributed by atoms with Gasteiger partial charge in [0, 0.05) is 19.7 Å². The van der Waals surface area contributed by atoms with Gasteiger partial charge in [0.05, 0.1) is 5.69 Å². The van der Waals surface area contributed by atoms with Crippen molar-refractivity contribution in [3.05, 3.63) is 11.9 Å². The van der Waals surface area contributed by atoms with E-state index < -0.39 is 0 Å². The maximum Gasteiger partial charge on any atom is 0.241 e. The van der Waals surface area contributed by atoms with Gasteiger partial charge in [0.2, 0.25) is 5.91 Å². The van der Waals surface area contributed by atoms with Gasteiger partial charge in [-0.05, 0) is 6.54 Å². The van der Waals surface area contributed by atoms with E-state index >= 15 is 0 Å². The van der Waals surface area contributed by atoms with E-state index in [1.807, 2.05) is 0 Å². The molecule has 0 saturated heterocycles. The molecule has 1 heterocycles. The van der Waals surface area contributed by atoms with Gasteiger partial charge in [-0.25, -0.2) is 4.68 Å². The Morgan fingerprint density at radius 1 is 1.77 bits per heavy atom. The highest BCUT2D eigenvalue weighted by atomic mass is 16.1. The molecule has 0 radical (unpaired) electrons. The maximum absolute atomic E-state index is 10.9. The van der Waals surface area contributed by atoms with Crippen molar-refractivity contribution in [2.45, 2.75) is 13.0 Å². The first-order valence-corrected chi connectivity index (χ1v) is 4.06. The summed E-state index contributed by atoms with van der Waals surface area (Å²) in [5.41, 5.74) is 6.15. The molecule has 0 aliphatic rings. The van der Waals surface area contributed by atoms with E-state index in [1.165, 1.54) is 4.68 Å². The molecule has 3 N–H and O–H groups in total. The molecule has 1 aromatic heterocycles. The number of carbonyl (C=O) groups is 1. The Morgan fingerprint density at radius 2 is 2.54 bits per heavy atom. The number of rotatable bonds is 4. The van der Waals surface area contributed by atoms with Crippen LogP contribution >= 0.6 is 0 Å². The first-order chi connectivity index (χ1) is 6.26. The van der Waals surface area contributed by atoms with Crippen molar-refractivity contribution in [2.75, 3.05) is 13.6 Å². The smallest absolute Gasteiger partial charge is 0.241 e. The normalized spacial score (nSPS) is 10.0. The molecule has 6 heteroatoms. The number of nitrogens with one attached hydrogen (secondary N) is 1. The Morgan fingerprint density at radius 3 is 3.15 bits per heavy atom. The zero-order valence-electron chi connectivity index (χ0n) is 7.53. The second-order valence-electron chi connectivity index (χ2n) is 2.62. The summed E-state index contributed by atoms with van der Waals surface area (Å²) < 4.78 is 1.49. The molecule has 0 atom stereocenters. The van der Waals surface area contributed by atoms with Gasteiger partial charge in [0.1, 0.15) is 6.54 Å². The Balaban J connectivity index is 2.53. The van der Waals surface area contributed by atoms with Crippen LogP contribution in [0.4, 0.5) is 0 Å². The van der Waals surface area contributed by atoms with Gasteiger partial charge in [-0.2, -0.15) is 0 Å². The summed E-state index contributed by atoms with van der Waals surface area (Å²) in [7, 11) is 1.58. The molecular formula is C7H13N5O. The van der Waals surface area contributed by atoms with Gasteiger partial charge < -0.3 is 11.1 Å². The van der Waals surface area contributed by atoms with E-state index in [0.717, 1.165) is 5.69 Å². The monoisotopic (exact) mass is 183 g/mol. The quantitative estimate of drug-likeness (QED) is 0.596. The van der Waals surface area contributed by atoms with Crippen molar-refractivity contribution in [2.24, 2.45) is 5.73 Å². The van der Waals surface area contributed by atoms with Crippen LogP contribution in [0.25, 0.3) is 0 Å². The molecule has 1 aromatic rings. The highest BCUT2D eigenvalue weighted by molar-refractivity contribution is 5.75. The number of amides is 1. The van der Waals surface area contributed by atoms with Gasteiger partial charge in [0.25, 0.3) is 0 Å². The maximum atomic E-state index is 10.9. The van der Waals surface area contributed by atoms with Crippen LogP contribution < -0.4 is 11.1 Å². The van der Waals surface area contributed by atoms with Crippen molar-refractivity contribution in [3.8, 4) is 0 Å². The van der Waals surface area contributed by atoms with Gasteiger partial charge in [-0.15, -0.1) is 5.10 Å². The summed E-state index contributed by atoms with van der Waals surface area (Å²) in [6, 6.07) is 0. The van der Waals surface area contributed by atoms with Gasteiger partial charge in [-0.3, -0.25) is 4.79 Å². The van der Waals surface area contributed by atoms with Crippen LogP contribution in [0.15, 0.2) is 6.20 Å². The van der Waals surface area contributed by atoms with Gasteiger partial charge in [0.15, 0.2) is 0 Å². The second kappa shape index (κ2) is 4.56. The third-order valence-corrected chi connectivity index (χ3v) is 1.57. The molecule has 0 aromatic carbocycles. The summed E-state index contributed by atoms with van der Waals surface area (Å²) in [5, 5.41) is 10.1. The van der Waals surface area contributed by atoms with Crippen molar-refractivity contribution in [1.82, 2.24) is 20.3 Å². The molecule has 0 saturated carbocycles. The van der Waals surface area contributed by atoms with Crippen LogP contribution in [-0.2, 0) is 17.8 Å². The lowest BCUT2D eigenvalue weighted by molar-refractivity contribution is -0.121. The predicted octanol–water partition coefficient (Wildman–Crippen LogP) is -1.47. The van der Waals surface area contributed by atoms with E-state index in [1.54, 1.807) is 13.2 Å². The minimum absolute atomic E-state index is 0.0933. The van der Waals surface area contributed by atoms with E-state index in [2.05, 4.69) is 15.6 Å². The first-order valence-electron chi connectivity index (χ1n) is 4.06. The SMILES string of the molecule is CNC(=O)Cn1cc(CCN)nn1. The van der Waals surface area contributed by atoms with Crippen LogP contribution in [0.2, 0.25) is 0 Å². The molecule has 72 valence electrons. The fraction of sp³-hybridized carbons (Fsp3) is 0.571. The Kier molecular flexibility index (Phi) is 3.39. The fourth-order valence-electron chi connectivity index (χ4n) is 0.904. The van der Waals surface area contributed by atoms with Crippen LogP contribution in [0, 0.1) is 0 Å². The van der Waals surface area contributed by atoms with Crippen LogP contribution in [0.3, 0.4) is 0 Å². The average molecular weight is 183 g/mol. The van der Waals surface area contributed by atoms with Crippen molar-refractivity contribution in [3.63, 3.8) is 0 Å². The molecule has 1 amide bonds. The summed E-state index contributed by atoms with van der Waals surface area (Å²) in [5.74, 6) is -0.0933. The van der Waals surface area contributed by atoms with Crippen molar-refractivity contribution >= 4 is 5.91 Å². The van der Waals surface area contributed by atoms with E-state index in [9.17, 15) is 4.79 Å². The number of nitrogens with two attached hydrogens (primary N) is 1. The lowest BCUT2D eigenvalue weighted by Gasteiger charge is -1.96. The van der Waals surface area contributed by atoms with Crippen LogP contribution in [-0.4, -0.2) is 34.5 Å². The molecule has 0 unspecified atom stereocenters. The lowest BCUT2D eigenvalue weighted by atomic mass is 10.3. The standard InChI is InChI=1S/C7H13N5O/c1-9-7(13)5-12-4-6(2-3-8)10-11-12/h4H,2-3,5,8H2,1H3,(H,9,13). The molecule has 13 heavy (non-hydrogen) atoms.